The van der Waals surface area contributed by atoms with Crippen molar-refractivity contribution in [1.82, 2.24) is 0 Å². The first-order valence-corrected chi connectivity index (χ1v) is 11.9. The normalized spacial score (nSPS) is 46.3. The minimum Gasteiger partial charge on any atom is -0.396 e. The molecule has 0 amide bonds. The Balaban J connectivity index is 1.36. The van der Waals surface area contributed by atoms with Gasteiger partial charge in [-0.05, 0) is 50.9 Å². The summed E-state index contributed by atoms with van der Waals surface area (Å²) in [6.45, 7) is 7.56. The van der Waals surface area contributed by atoms with Crippen LogP contribution in [0.5, 0.6) is 0 Å². The van der Waals surface area contributed by atoms with Crippen molar-refractivity contribution in [3.63, 3.8) is 0 Å². The van der Waals surface area contributed by atoms with E-state index < -0.39 is 17.7 Å². The Morgan fingerprint density at radius 1 is 0.931 bits per heavy atom. The number of fused-ring (bicyclic) bond motifs is 2. The summed E-state index contributed by atoms with van der Waals surface area (Å²) in [4.78, 5) is 12.0. The second-order valence-corrected chi connectivity index (χ2v) is 9.99. The fraction of sp³-hybridized carbons (Fsp3) is 1.00. The number of unbranched alkanes of at least 4 members (excludes halogenated alkanes) is 5. The first-order valence-electron chi connectivity index (χ1n) is 11.9. The third-order valence-corrected chi connectivity index (χ3v) is 7.93. The van der Waals surface area contributed by atoms with Gasteiger partial charge >= 0.3 is 0 Å². The number of rotatable bonds is 9. The summed E-state index contributed by atoms with van der Waals surface area (Å²) >= 11 is 0. The monoisotopic (exact) mass is 412 g/mol. The van der Waals surface area contributed by atoms with Gasteiger partial charge in [-0.15, -0.1) is 0 Å². The molecule has 8 atom stereocenters. The molecule has 4 saturated heterocycles. The van der Waals surface area contributed by atoms with Gasteiger partial charge in [-0.3, -0.25) is 0 Å². The highest BCUT2D eigenvalue weighted by Crippen LogP contribution is 2.60. The predicted octanol–water partition coefficient (Wildman–Crippen LogP) is 4.54. The highest BCUT2D eigenvalue weighted by Gasteiger charge is 2.69. The maximum atomic E-state index is 8.85. The van der Waals surface area contributed by atoms with Crippen molar-refractivity contribution in [2.75, 3.05) is 13.2 Å². The van der Waals surface area contributed by atoms with Crippen LogP contribution in [0.15, 0.2) is 0 Å². The van der Waals surface area contributed by atoms with Crippen LogP contribution in [-0.2, 0) is 24.0 Å². The molecule has 0 unspecified atom stereocenters. The number of hydrogen-bond donors (Lipinski definition) is 1. The van der Waals surface area contributed by atoms with E-state index in [9.17, 15) is 0 Å². The molecule has 5 aliphatic rings. The van der Waals surface area contributed by atoms with E-state index in [1.54, 1.807) is 0 Å². The van der Waals surface area contributed by atoms with E-state index in [1.165, 1.54) is 19.3 Å². The van der Waals surface area contributed by atoms with Crippen LogP contribution in [0.2, 0.25) is 0 Å². The van der Waals surface area contributed by atoms with Crippen LogP contribution < -0.4 is 0 Å². The molecule has 5 rings (SSSR count). The molecule has 0 aromatic rings. The first kappa shape index (κ1) is 22.0. The van der Waals surface area contributed by atoms with E-state index in [0.29, 0.717) is 24.4 Å². The van der Waals surface area contributed by atoms with Gasteiger partial charge in [0.25, 0.3) is 0 Å². The number of aliphatic hydroxyl groups excluding tert-OH is 1. The quantitative estimate of drug-likeness (QED) is 0.443. The zero-order chi connectivity index (χ0) is 20.5. The summed E-state index contributed by atoms with van der Waals surface area (Å²) in [5, 5.41) is 8.85. The molecular weight excluding hydrogens is 372 g/mol. The van der Waals surface area contributed by atoms with Crippen LogP contribution in [0.4, 0.5) is 0 Å². The van der Waals surface area contributed by atoms with Gasteiger partial charge in [0.05, 0.1) is 0 Å². The lowest BCUT2D eigenvalue weighted by atomic mass is 9.58. The smallest absolute Gasteiger partial charge is 0.201 e. The van der Waals surface area contributed by atoms with Crippen LogP contribution in [0, 0.1) is 23.7 Å². The minimum absolute atomic E-state index is 0.245. The molecule has 1 spiro atoms. The molecule has 4 aliphatic heterocycles. The zero-order valence-electron chi connectivity index (χ0n) is 18.4. The molecule has 6 nitrogen and oxygen atoms in total. The lowest BCUT2D eigenvalue weighted by molar-refractivity contribution is -0.577. The lowest BCUT2D eigenvalue weighted by Gasteiger charge is -2.60. The Labute approximate surface area is 175 Å². The summed E-state index contributed by atoms with van der Waals surface area (Å²) in [5.74, 6) is 0.837. The molecule has 0 aromatic carbocycles. The maximum Gasteiger partial charge on any atom is 0.201 e. The number of aliphatic hydroxyl groups is 1. The zero-order valence-corrected chi connectivity index (χ0v) is 18.4. The third kappa shape index (κ3) is 4.13. The van der Waals surface area contributed by atoms with Gasteiger partial charge in [-0.1, -0.05) is 39.5 Å². The Bertz CT molecular complexity index is 543. The Morgan fingerprint density at radius 3 is 2.48 bits per heavy atom. The molecule has 2 bridgehead atoms. The first-order chi connectivity index (χ1) is 14.0. The third-order valence-electron chi connectivity index (χ3n) is 7.93. The fourth-order valence-corrected chi connectivity index (χ4v) is 6.18. The second-order valence-electron chi connectivity index (χ2n) is 9.99. The van der Waals surface area contributed by atoms with E-state index in [-0.39, 0.29) is 12.2 Å². The fourth-order valence-electron chi connectivity index (χ4n) is 6.18. The average Bonchev–Trinajstić information content (AvgIpc) is 2.93. The van der Waals surface area contributed by atoms with Crippen LogP contribution in [0.3, 0.4) is 0 Å². The van der Waals surface area contributed by atoms with Crippen molar-refractivity contribution in [1.29, 1.82) is 0 Å². The molecule has 6 heteroatoms. The van der Waals surface area contributed by atoms with Gasteiger partial charge in [0.15, 0.2) is 18.2 Å². The van der Waals surface area contributed by atoms with Crippen LogP contribution in [0.1, 0.15) is 85.0 Å². The van der Waals surface area contributed by atoms with Crippen LogP contribution in [-0.4, -0.2) is 42.3 Å². The van der Waals surface area contributed by atoms with Crippen molar-refractivity contribution >= 4 is 0 Å². The van der Waals surface area contributed by atoms with Gasteiger partial charge in [0, 0.05) is 31.5 Å². The molecule has 29 heavy (non-hydrogen) atoms. The van der Waals surface area contributed by atoms with Gasteiger partial charge in [0.2, 0.25) is 5.79 Å². The second kappa shape index (κ2) is 9.09. The molecule has 4 heterocycles. The molecule has 0 radical (unpaired) electrons. The van der Waals surface area contributed by atoms with E-state index >= 15 is 0 Å². The molecule has 168 valence electrons. The molecule has 1 saturated carbocycles. The lowest BCUT2D eigenvalue weighted by Crippen LogP contribution is -2.70. The Hall–Kier alpha value is -0.240. The molecule has 5 fully saturated rings. The van der Waals surface area contributed by atoms with Crippen LogP contribution >= 0.6 is 0 Å². The van der Waals surface area contributed by atoms with Crippen molar-refractivity contribution in [2.45, 2.75) is 109 Å². The topological polar surface area (TPSA) is 66.4 Å². The van der Waals surface area contributed by atoms with E-state index in [0.717, 1.165) is 51.6 Å². The largest absolute Gasteiger partial charge is 0.396 e. The Morgan fingerprint density at radius 2 is 1.69 bits per heavy atom. The number of ether oxygens (including phenoxy) is 3. The van der Waals surface area contributed by atoms with Crippen molar-refractivity contribution < 1.29 is 29.1 Å². The summed E-state index contributed by atoms with van der Waals surface area (Å²) < 4.78 is 19.0. The highest BCUT2D eigenvalue weighted by molar-refractivity contribution is 5.09. The van der Waals surface area contributed by atoms with Crippen molar-refractivity contribution in [3.8, 4) is 0 Å². The maximum absolute atomic E-state index is 8.85. The van der Waals surface area contributed by atoms with E-state index in [4.69, 9.17) is 29.1 Å². The SMILES string of the molecule is C[C@H]1[C@@H](OCCCCCCCCO)O[C@@H]2O[C@]3(C)CC[C@H]4[C@H](C)CC[C@@H]1[C@@]24OO3. The summed E-state index contributed by atoms with van der Waals surface area (Å²) in [6.07, 6.45) is 10.2. The minimum atomic E-state index is -0.725. The highest BCUT2D eigenvalue weighted by atomic mass is 17.3. The van der Waals surface area contributed by atoms with E-state index in [1.807, 2.05) is 6.92 Å². The average molecular weight is 413 g/mol. The molecule has 1 N–H and O–H groups in total. The Kier molecular flexibility index (Phi) is 6.89. The summed E-state index contributed by atoms with van der Waals surface area (Å²) in [7, 11) is 0. The standard InChI is InChI=1S/C23H40O6/c1-16-10-11-19-17(2)20(25-15-9-7-5-4-6-8-14-24)26-21-23(19)18(16)12-13-22(3,27-21)28-29-23/h16-21,24H,4-15H2,1-3H3/t16-,17-,18+,19+,20+,21-,22+,23-/m1/s1. The number of hydrogen-bond acceptors (Lipinski definition) is 6. The van der Waals surface area contributed by atoms with Gasteiger partial charge in [-0.25, -0.2) is 9.78 Å². The predicted molar refractivity (Wildman–Crippen MR) is 108 cm³/mol. The van der Waals surface area contributed by atoms with Crippen molar-refractivity contribution in [2.24, 2.45) is 23.7 Å². The van der Waals surface area contributed by atoms with Gasteiger partial charge < -0.3 is 19.3 Å². The van der Waals surface area contributed by atoms with Crippen LogP contribution in [0.25, 0.3) is 0 Å². The van der Waals surface area contributed by atoms with E-state index in [2.05, 4.69) is 13.8 Å². The van der Waals surface area contributed by atoms with Gasteiger partial charge in [-0.2, -0.15) is 0 Å². The summed E-state index contributed by atoms with van der Waals surface area (Å²) in [6, 6.07) is 0. The van der Waals surface area contributed by atoms with Gasteiger partial charge in [0.1, 0.15) is 0 Å². The molecule has 0 aromatic heterocycles. The molecular formula is C23H40O6. The van der Waals surface area contributed by atoms with Crippen molar-refractivity contribution in [3.05, 3.63) is 0 Å². The summed E-state index contributed by atoms with van der Waals surface area (Å²) in [5.41, 5.74) is -0.500. The molecule has 1 aliphatic carbocycles.